The maximum atomic E-state index is 12.4. The molecule has 3 rings (SSSR count). The highest BCUT2D eigenvalue weighted by Crippen LogP contribution is 2.24. The van der Waals surface area contributed by atoms with Crippen molar-refractivity contribution in [3.05, 3.63) is 40.8 Å². The highest BCUT2D eigenvalue weighted by Gasteiger charge is 2.27. The van der Waals surface area contributed by atoms with E-state index in [1.165, 1.54) is 11.3 Å². The number of hydrogen-bond acceptors (Lipinski definition) is 3. The van der Waals surface area contributed by atoms with E-state index in [1.807, 2.05) is 40.5 Å². The molecule has 0 aromatic carbocycles. The summed E-state index contributed by atoms with van der Waals surface area (Å²) in [4.78, 5) is 14.8. The van der Waals surface area contributed by atoms with Crippen LogP contribution in [-0.2, 0) is 0 Å². The average molecular weight is 262 g/mol. The SMILES string of the molecule is O=C(c1sccc1-n1cccc1)N1CCC(O)C1. The van der Waals surface area contributed by atoms with Crippen molar-refractivity contribution in [2.45, 2.75) is 12.5 Å². The number of aliphatic hydroxyl groups is 1. The molecule has 3 heterocycles. The van der Waals surface area contributed by atoms with Crippen LogP contribution in [0.15, 0.2) is 36.0 Å². The van der Waals surface area contributed by atoms with E-state index < -0.39 is 0 Å². The number of aliphatic hydroxyl groups excluding tert-OH is 1. The molecule has 1 aliphatic rings. The zero-order valence-electron chi connectivity index (χ0n) is 9.82. The van der Waals surface area contributed by atoms with Gasteiger partial charge in [-0.05, 0) is 30.0 Å². The predicted octanol–water partition coefficient (Wildman–Crippen LogP) is 1.75. The molecule has 1 saturated heterocycles. The van der Waals surface area contributed by atoms with Gasteiger partial charge in [-0.25, -0.2) is 0 Å². The molecular formula is C13H14N2O2S. The number of likely N-dealkylation sites (tertiary alicyclic amines) is 1. The van der Waals surface area contributed by atoms with Crippen LogP contribution in [-0.4, -0.2) is 39.7 Å². The van der Waals surface area contributed by atoms with Gasteiger partial charge in [-0.1, -0.05) is 0 Å². The number of thiophene rings is 1. The van der Waals surface area contributed by atoms with Crippen LogP contribution >= 0.6 is 11.3 Å². The Morgan fingerprint density at radius 2 is 2.17 bits per heavy atom. The summed E-state index contributed by atoms with van der Waals surface area (Å²) in [5, 5.41) is 11.4. The summed E-state index contributed by atoms with van der Waals surface area (Å²) in [6, 6.07) is 5.82. The van der Waals surface area contributed by atoms with Gasteiger partial charge in [0.25, 0.3) is 5.91 Å². The first-order valence-corrected chi connectivity index (χ1v) is 6.82. The summed E-state index contributed by atoms with van der Waals surface area (Å²) < 4.78 is 1.94. The number of rotatable bonds is 2. The maximum Gasteiger partial charge on any atom is 0.266 e. The normalized spacial score (nSPS) is 19.4. The van der Waals surface area contributed by atoms with E-state index in [4.69, 9.17) is 0 Å². The van der Waals surface area contributed by atoms with Crippen molar-refractivity contribution in [2.75, 3.05) is 13.1 Å². The quantitative estimate of drug-likeness (QED) is 0.896. The van der Waals surface area contributed by atoms with Gasteiger partial charge in [-0.2, -0.15) is 0 Å². The molecule has 94 valence electrons. The standard InChI is InChI=1S/C13H14N2O2S/c16-10-3-7-15(9-10)13(17)12-11(4-8-18-12)14-5-1-2-6-14/h1-2,4-6,8,10,16H,3,7,9H2. The second-order valence-electron chi connectivity index (χ2n) is 4.42. The molecule has 0 saturated carbocycles. The van der Waals surface area contributed by atoms with Crippen molar-refractivity contribution in [1.29, 1.82) is 0 Å². The van der Waals surface area contributed by atoms with Crippen LogP contribution < -0.4 is 0 Å². The van der Waals surface area contributed by atoms with Gasteiger partial charge in [0.15, 0.2) is 0 Å². The third-order valence-electron chi connectivity index (χ3n) is 3.17. The third-order valence-corrected chi connectivity index (χ3v) is 4.06. The van der Waals surface area contributed by atoms with Crippen LogP contribution in [0.4, 0.5) is 0 Å². The van der Waals surface area contributed by atoms with E-state index in [-0.39, 0.29) is 12.0 Å². The van der Waals surface area contributed by atoms with Gasteiger partial charge in [0.05, 0.1) is 11.8 Å². The summed E-state index contributed by atoms with van der Waals surface area (Å²) in [5.74, 6) is 0.0188. The summed E-state index contributed by atoms with van der Waals surface area (Å²) >= 11 is 1.45. The Balaban J connectivity index is 1.89. The van der Waals surface area contributed by atoms with Crippen molar-refractivity contribution in [2.24, 2.45) is 0 Å². The van der Waals surface area contributed by atoms with E-state index in [9.17, 15) is 9.90 Å². The van der Waals surface area contributed by atoms with Crippen molar-refractivity contribution in [3.63, 3.8) is 0 Å². The fraction of sp³-hybridized carbons (Fsp3) is 0.308. The maximum absolute atomic E-state index is 12.4. The number of aromatic nitrogens is 1. The van der Waals surface area contributed by atoms with E-state index >= 15 is 0 Å². The molecule has 1 unspecified atom stereocenters. The molecule has 1 aliphatic heterocycles. The zero-order chi connectivity index (χ0) is 12.5. The number of nitrogens with zero attached hydrogens (tertiary/aromatic N) is 2. The number of carbonyl (C=O) groups excluding carboxylic acids is 1. The first-order valence-electron chi connectivity index (χ1n) is 5.94. The molecule has 2 aromatic rings. The Bertz CT molecular complexity index is 547. The lowest BCUT2D eigenvalue weighted by molar-refractivity contribution is 0.0769. The molecule has 1 atom stereocenters. The van der Waals surface area contributed by atoms with Gasteiger partial charge >= 0.3 is 0 Å². The molecule has 1 fully saturated rings. The molecule has 0 radical (unpaired) electrons. The largest absolute Gasteiger partial charge is 0.391 e. The number of β-amino-alcohol motifs (C(OH)–C–C–N with tert-alkyl or cyclic N) is 1. The Hall–Kier alpha value is -1.59. The highest BCUT2D eigenvalue weighted by atomic mass is 32.1. The molecule has 4 nitrogen and oxygen atoms in total. The first kappa shape index (κ1) is 11.5. The molecule has 5 heteroatoms. The van der Waals surface area contributed by atoms with Crippen LogP contribution in [0, 0.1) is 0 Å². The third kappa shape index (κ3) is 1.95. The number of amides is 1. The Kier molecular flexibility index (Phi) is 2.93. The van der Waals surface area contributed by atoms with E-state index in [0.717, 1.165) is 10.6 Å². The molecule has 0 bridgehead atoms. The van der Waals surface area contributed by atoms with Gasteiger partial charge in [-0.3, -0.25) is 4.79 Å². The molecule has 0 spiro atoms. The Morgan fingerprint density at radius 3 is 2.83 bits per heavy atom. The fourth-order valence-corrected chi connectivity index (χ4v) is 3.09. The molecule has 0 aliphatic carbocycles. The highest BCUT2D eigenvalue weighted by molar-refractivity contribution is 7.12. The summed E-state index contributed by atoms with van der Waals surface area (Å²) in [5.41, 5.74) is 0.913. The molecule has 1 amide bonds. The van der Waals surface area contributed by atoms with Gasteiger partial charge in [0.1, 0.15) is 4.88 Å². The summed E-state index contributed by atoms with van der Waals surface area (Å²) in [7, 11) is 0. The van der Waals surface area contributed by atoms with Gasteiger partial charge < -0.3 is 14.6 Å². The second kappa shape index (κ2) is 4.59. The van der Waals surface area contributed by atoms with Crippen LogP contribution in [0.5, 0.6) is 0 Å². The minimum Gasteiger partial charge on any atom is -0.391 e. The van der Waals surface area contributed by atoms with Gasteiger partial charge in [0.2, 0.25) is 0 Å². The smallest absolute Gasteiger partial charge is 0.266 e. The van der Waals surface area contributed by atoms with Crippen molar-refractivity contribution in [1.82, 2.24) is 9.47 Å². The van der Waals surface area contributed by atoms with Gasteiger partial charge in [-0.15, -0.1) is 11.3 Å². The predicted molar refractivity (Wildman–Crippen MR) is 70.2 cm³/mol. The molecule has 1 N–H and O–H groups in total. The van der Waals surface area contributed by atoms with Crippen molar-refractivity contribution in [3.8, 4) is 5.69 Å². The van der Waals surface area contributed by atoms with Crippen LogP contribution in [0.1, 0.15) is 16.1 Å². The number of hydrogen-bond donors (Lipinski definition) is 1. The summed E-state index contributed by atoms with van der Waals surface area (Å²) in [6.07, 6.45) is 4.16. The lowest BCUT2D eigenvalue weighted by Crippen LogP contribution is -2.29. The van der Waals surface area contributed by atoms with Crippen LogP contribution in [0.3, 0.4) is 0 Å². The van der Waals surface area contributed by atoms with E-state index in [0.29, 0.717) is 19.5 Å². The minimum atomic E-state index is -0.371. The second-order valence-corrected chi connectivity index (χ2v) is 5.34. The molecule has 18 heavy (non-hydrogen) atoms. The Labute approximate surface area is 109 Å². The monoisotopic (exact) mass is 262 g/mol. The lowest BCUT2D eigenvalue weighted by Gasteiger charge is -2.15. The van der Waals surface area contributed by atoms with Crippen LogP contribution in [0.25, 0.3) is 5.69 Å². The van der Waals surface area contributed by atoms with Crippen molar-refractivity contribution < 1.29 is 9.90 Å². The van der Waals surface area contributed by atoms with Gasteiger partial charge in [0, 0.05) is 25.5 Å². The average Bonchev–Trinajstić information content (AvgIpc) is 3.08. The topological polar surface area (TPSA) is 45.5 Å². The van der Waals surface area contributed by atoms with Crippen molar-refractivity contribution >= 4 is 17.2 Å². The Morgan fingerprint density at radius 1 is 1.39 bits per heavy atom. The minimum absolute atomic E-state index is 0.0188. The lowest BCUT2D eigenvalue weighted by atomic mass is 10.3. The summed E-state index contributed by atoms with van der Waals surface area (Å²) in [6.45, 7) is 1.09. The molecular weight excluding hydrogens is 248 g/mol. The number of carbonyl (C=O) groups is 1. The molecule has 2 aromatic heterocycles. The fourth-order valence-electron chi connectivity index (χ4n) is 2.23. The van der Waals surface area contributed by atoms with E-state index in [2.05, 4.69) is 0 Å². The van der Waals surface area contributed by atoms with Crippen LogP contribution in [0.2, 0.25) is 0 Å². The zero-order valence-corrected chi connectivity index (χ0v) is 10.6. The van der Waals surface area contributed by atoms with E-state index in [1.54, 1.807) is 4.90 Å². The first-order chi connectivity index (χ1) is 8.75.